The van der Waals surface area contributed by atoms with Crippen LogP contribution in [-0.4, -0.2) is 22.3 Å². The highest BCUT2D eigenvalue weighted by atomic mass is 79.9. The van der Waals surface area contributed by atoms with Gasteiger partial charge in [0.1, 0.15) is 0 Å². The van der Waals surface area contributed by atoms with E-state index in [1.54, 1.807) is 0 Å². The summed E-state index contributed by atoms with van der Waals surface area (Å²) >= 11 is 3.77. The van der Waals surface area contributed by atoms with Crippen LogP contribution in [0.15, 0.2) is 30.3 Å². The molecule has 0 radical (unpaired) electrons. The molecule has 1 aromatic rings. The van der Waals surface area contributed by atoms with Crippen molar-refractivity contribution < 1.29 is 0 Å². The van der Waals surface area contributed by atoms with Gasteiger partial charge in [-0.15, -0.1) is 0 Å². The summed E-state index contributed by atoms with van der Waals surface area (Å²) in [7, 11) is 0. The molecule has 2 fully saturated rings. The van der Waals surface area contributed by atoms with Gasteiger partial charge in [-0.1, -0.05) is 46.3 Å². The zero-order chi connectivity index (χ0) is 11.8. The smallest absolute Gasteiger partial charge is 0.0672 e. The molecule has 1 aromatic carbocycles. The van der Waals surface area contributed by atoms with Gasteiger partial charge in [0.15, 0.2) is 0 Å². The maximum atomic E-state index is 9.19. The average molecular weight is 291 g/mol. The highest BCUT2D eigenvalue weighted by Gasteiger charge is 2.51. The summed E-state index contributed by atoms with van der Waals surface area (Å²) in [6, 6.07) is 13.4. The molecule has 2 bridgehead atoms. The lowest BCUT2D eigenvalue weighted by molar-refractivity contribution is 0.176. The number of fused-ring (bicyclic) bond motifs is 2. The van der Waals surface area contributed by atoms with Gasteiger partial charge >= 0.3 is 0 Å². The Morgan fingerprint density at radius 2 is 2.12 bits per heavy atom. The molecule has 2 aliphatic rings. The van der Waals surface area contributed by atoms with Crippen molar-refractivity contribution in [3.63, 3.8) is 0 Å². The number of piperidine rings is 1. The van der Waals surface area contributed by atoms with Crippen LogP contribution in [-0.2, 0) is 6.54 Å². The molecule has 1 saturated heterocycles. The zero-order valence-corrected chi connectivity index (χ0v) is 11.2. The Balaban J connectivity index is 1.76. The Kier molecular flexibility index (Phi) is 2.94. The normalized spacial score (nSPS) is 36.0. The van der Waals surface area contributed by atoms with Crippen LogP contribution in [0.5, 0.6) is 0 Å². The number of nitriles is 1. The van der Waals surface area contributed by atoms with Crippen molar-refractivity contribution in [1.29, 1.82) is 5.26 Å². The summed E-state index contributed by atoms with van der Waals surface area (Å²) in [6.45, 7) is 2.11. The van der Waals surface area contributed by atoms with Crippen molar-refractivity contribution in [1.82, 2.24) is 4.90 Å². The van der Waals surface area contributed by atoms with E-state index < -0.39 is 0 Å². The van der Waals surface area contributed by atoms with Crippen LogP contribution in [0.2, 0.25) is 0 Å². The highest BCUT2D eigenvalue weighted by Crippen LogP contribution is 2.46. The van der Waals surface area contributed by atoms with Crippen LogP contribution in [0.4, 0.5) is 0 Å². The lowest BCUT2D eigenvalue weighted by atomic mass is 9.99. The number of likely N-dealkylation sites (tertiary alicyclic amines) is 1. The maximum Gasteiger partial charge on any atom is 0.0672 e. The Morgan fingerprint density at radius 3 is 2.76 bits per heavy atom. The largest absolute Gasteiger partial charge is 0.293 e. The molecule has 1 heterocycles. The van der Waals surface area contributed by atoms with E-state index in [2.05, 4.69) is 51.2 Å². The zero-order valence-electron chi connectivity index (χ0n) is 9.59. The summed E-state index contributed by atoms with van der Waals surface area (Å²) in [5.41, 5.74) is 1.34. The number of halogens is 1. The molecule has 17 heavy (non-hydrogen) atoms. The molecule has 2 nitrogen and oxygen atoms in total. The predicted molar refractivity (Wildman–Crippen MR) is 70.6 cm³/mol. The molecule has 1 saturated carbocycles. The number of rotatable bonds is 2. The molecule has 3 rings (SSSR count). The van der Waals surface area contributed by atoms with Gasteiger partial charge in [-0.05, 0) is 17.9 Å². The summed E-state index contributed by atoms with van der Waals surface area (Å²) in [6.07, 6.45) is 1.07. The van der Waals surface area contributed by atoms with Gasteiger partial charge in [0.05, 0.1) is 12.0 Å². The van der Waals surface area contributed by atoms with E-state index in [9.17, 15) is 5.26 Å². The van der Waals surface area contributed by atoms with Gasteiger partial charge in [-0.3, -0.25) is 4.90 Å². The lowest BCUT2D eigenvalue weighted by Crippen LogP contribution is -2.38. The van der Waals surface area contributed by atoms with Crippen LogP contribution >= 0.6 is 15.9 Å². The fraction of sp³-hybridized carbons (Fsp3) is 0.500. The SMILES string of the molecule is N#C[C@@H]1C[C@H]2CN(Cc3ccccc3)[C@@H]1[C@@H]2Br. The molecule has 1 aliphatic carbocycles. The third-order valence-corrected chi connectivity index (χ3v) is 5.32. The minimum Gasteiger partial charge on any atom is -0.293 e. The summed E-state index contributed by atoms with van der Waals surface area (Å²) in [4.78, 5) is 2.98. The van der Waals surface area contributed by atoms with E-state index in [0.717, 1.165) is 19.5 Å². The van der Waals surface area contributed by atoms with E-state index in [0.29, 0.717) is 16.8 Å². The molecule has 88 valence electrons. The predicted octanol–water partition coefficient (Wildman–Crippen LogP) is 2.79. The van der Waals surface area contributed by atoms with Gasteiger partial charge < -0.3 is 0 Å². The van der Waals surface area contributed by atoms with Gasteiger partial charge in [0.2, 0.25) is 0 Å². The Hall–Kier alpha value is -0.850. The molecule has 0 spiro atoms. The van der Waals surface area contributed by atoms with Crippen LogP contribution in [0.25, 0.3) is 0 Å². The quantitative estimate of drug-likeness (QED) is 0.783. The van der Waals surface area contributed by atoms with Gasteiger partial charge in [-0.25, -0.2) is 0 Å². The van der Waals surface area contributed by atoms with Gasteiger partial charge in [0, 0.05) is 24.0 Å². The van der Waals surface area contributed by atoms with Crippen LogP contribution < -0.4 is 0 Å². The third-order valence-electron chi connectivity index (χ3n) is 4.03. The Morgan fingerprint density at radius 1 is 1.35 bits per heavy atom. The first-order chi connectivity index (χ1) is 8.29. The summed E-state index contributed by atoms with van der Waals surface area (Å²) < 4.78 is 0. The number of benzene rings is 1. The fourth-order valence-corrected chi connectivity index (χ4v) is 4.35. The van der Waals surface area contributed by atoms with Gasteiger partial charge in [-0.2, -0.15) is 5.26 Å². The maximum absolute atomic E-state index is 9.19. The van der Waals surface area contributed by atoms with Gasteiger partial charge in [0.25, 0.3) is 0 Å². The van der Waals surface area contributed by atoms with E-state index in [1.807, 2.05) is 6.07 Å². The van der Waals surface area contributed by atoms with E-state index in [4.69, 9.17) is 0 Å². The van der Waals surface area contributed by atoms with Crippen molar-refractivity contribution in [2.24, 2.45) is 11.8 Å². The summed E-state index contributed by atoms with van der Waals surface area (Å²) in [5.74, 6) is 0.871. The van der Waals surface area contributed by atoms with Crippen molar-refractivity contribution in [3.05, 3.63) is 35.9 Å². The topological polar surface area (TPSA) is 27.0 Å². The number of hydrogen-bond donors (Lipinski definition) is 0. The first kappa shape index (κ1) is 11.3. The lowest BCUT2D eigenvalue weighted by Gasteiger charge is -2.29. The minimum atomic E-state index is 0.210. The molecule has 4 atom stereocenters. The van der Waals surface area contributed by atoms with Crippen molar-refractivity contribution in [3.8, 4) is 6.07 Å². The van der Waals surface area contributed by atoms with Crippen LogP contribution in [0.1, 0.15) is 12.0 Å². The van der Waals surface area contributed by atoms with Crippen LogP contribution in [0.3, 0.4) is 0 Å². The van der Waals surface area contributed by atoms with E-state index >= 15 is 0 Å². The second-order valence-corrected chi connectivity index (χ2v) is 6.14. The van der Waals surface area contributed by atoms with E-state index in [-0.39, 0.29) is 5.92 Å². The molecule has 3 heteroatoms. The minimum absolute atomic E-state index is 0.210. The van der Waals surface area contributed by atoms with Crippen molar-refractivity contribution in [2.45, 2.75) is 23.8 Å². The number of hydrogen-bond acceptors (Lipinski definition) is 2. The monoisotopic (exact) mass is 290 g/mol. The molecule has 1 aliphatic heterocycles. The molecular formula is C14H15BrN2. The van der Waals surface area contributed by atoms with Crippen LogP contribution in [0, 0.1) is 23.2 Å². The molecule has 0 amide bonds. The first-order valence-corrected chi connectivity index (χ1v) is 7.03. The summed E-state index contributed by atoms with van der Waals surface area (Å²) in [5, 5.41) is 9.19. The Bertz CT molecular complexity index is 439. The number of nitrogens with zero attached hydrogens (tertiary/aromatic N) is 2. The molecule has 0 unspecified atom stereocenters. The van der Waals surface area contributed by atoms with Crippen molar-refractivity contribution >= 4 is 15.9 Å². The van der Waals surface area contributed by atoms with Crippen molar-refractivity contribution in [2.75, 3.05) is 6.54 Å². The van der Waals surface area contributed by atoms with E-state index in [1.165, 1.54) is 5.56 Å². The first-order valence-electron chi connectivity index (χ1n) is 6.11. The highest BCUT2D eigenvalue weighted by molar-refractivity contribution is 9.09. The molecular weight excluding hydrogens is 276 g/mol. The Labute approximate surface area is 110 Å². The second kappa shape index (κ2) is 4.44. The molecule has 0 N–H and O–H groups in total. The molecule has 0 aromatic heterocycles. The standard InChI is InChI=1S/C14H15BrN2/c15-13-12-6-11(7-16)14(13)17(9-12)8-10-4-2-1-3-5-10/h1-5,11-14H,6,8-9H2/t11-,12-,13+,14-/m0/s1. The fourth-order valence-electron chi connectivity index (χ4n) is 3.27. The number of alkyl halides is 1. The third kappa shape index (κ3) is 1.90. The second-order valence-electron chi connectivity index (χ2n) is 5.08. The average Bonchev–Trinajstić information content (AvgIpc) is 2.83.